The van der Waals surface area contributed by atoms with E-state index >= 15 is 0 Å². The van der Waals surface area contributed by atoms with Crippen molar-refractivity contribution in [3.05, 3.63) is 40.6 Å². The Morgan fingerprint density at radius 1 is 1.50 bits per heavy atom. The van der Waals surface area contributed by atoms with Gasteiger partial charge in [0.25, 0.3) is 0 Å². The van der Waals surface area contributed by atoms with Gasteiger partial charge in [0.1, 0.15) is 6.54 Å². The molecule has 0 unspecified atom stereocenters. The molecule has 1 aromatic heterocycles. The van der Waals surface area contributed by atoms with E-state index in [1.165, 1.54) is 17.1 Å². The average Bonchev–Trinajstić information content (AvgIpc) is 2.71. The maximum absolute atomic E-state index is 11.8. The molecule has 1 heterocycles. The van der Waals surface area contributed by atoms with Crippen LogP contribution in [0.25, 0.3) is 6.08 Å². The lowest BCUT2D eigenvalue weighted by Crippen LogP contribution is -2.34. The molecule has 0 atom stereocenters. The lowest BCUT2D eigenvalue weighted by Gasteiger charge is -2.16. The minimum Gasteiger partial charge on any atom is -0.480 e. The summed E-state index contributed by atoms with van der Waals surface area (Å²) in [6, 6.07) is 3.88. The topological polar surface area (TPSA) is 57.6 Å². The number of aryl methyl sites for hydroxylation is 1. The highest BCUT2D eigenvalue weighted by Crippen LogP contribution is 2.16. The minimum atomic E-state index is -1.04. The number of thiophene rings is 1. The number of carboxylic acid groups (broad SMARTS) is 1. The molecule has 0 fully saturated rings. The van der Waals surface area contributed by atoms with Crippen LogP contribution in [0.1, 0.15) is 9.75 Å². The highest BCUT2D eigenvalue weighted by molar-refractivity contribution is 7.12. The molecule has 1 aromatic rings. The Morgan fingerprint density at radius 2 is 2.22 bits per heavy atom. The van der Waals surface area contributed by atoms with Crippen LogP contribution >= 0.6 is 11.3 Å². The lowest BCUT2D eigenvalue weighted by atomic mass is 10.3. The van der Waals surface area contributed by atoms with Gasteiger partial charge in [0.2, 0.25) is 5.91 Å². The van der Waals surface area contributed by atoms with E-state index < -0.39 is 5.97 Å². The van der Waals surface area contributed by atoms with Crippen LogP contribution in [0.2, 0.25) is 0 Å². The number of aliphatic carboxylic acids is 1. The SMILES string of the molecule is C=CCN(CC(=O)O)C(=O)C=Cc1ccc(C)s1. The molecule has 0 radical (unpaired) electrons. The van der Waals surface area contributed by atoms with Gasteiger partial charge in [-0.15, -0.1) is 17.9 Å². The molecule has 0 spiro atoms. The van der Waals surface area contributed by atoms with E-state index in [2.05, 4.69) is 6.58 Å². The molecule has 0 bridgehead atoms. The molecule has 0 aliphatic rings. The Balaban J connectivity index is 2.68. The fraction of sp³-hybridized carbons (Fsp3) is 0.231. The molecule has 96 valence electrons. The molecule has 1 amide bonds. The fourth-order valence-electron chi connectivity index (χ4n) is 1.35. The molecular formula is C13H15NO3S. The molecule has 0 aromatic carbocycles. The summed E-state index contributed by atoms with van der Waals surface area (Å²) in [6.45, 7) is 5.39. The van der Waals surface area contributed by atoms with Gasteiger partial charge in [-0.3, -0.25) is 9.59 Å². The van der Waals surface area contributed by atoms with Crippen LogP contribution < -0.4 is 0 Å². The van der Waals surface area contributed by atoms with Gasteiger partial charge >= 0.3 is 5.97 Å². The summed E-state index contributed by atoms with van der Waals surface area (Å²) in [5.74, 6) is -1.37. The van der Waals surface area contributed by atoms with Crippen LogP contribution in [0.15, 0.2) is 30.9 Å². The van der Waals surface area contributed by atoms with Gasteiger partial charge < -0.3 is 10.0 Å². The zero-order chi connectivity index (χ0) is 13.5. The van der Waals surface area contributed by atoms with E-state index in [0.29, 0.717) is 0 Å². The van der Waals surface area contributed by atoms with Gasteiger partial charge in [0.15, 0.2) is 0 Å². The third-order valence-corrected chi connectivity index (χ3v) is 3.10. The number of amides is 1. The van der Waals surface area contributed by atoms with Crippen LogP contribution in [0.5, 0.6) is 0 Å². The Labute approximate surface area is 110 Å². The van der Waals surface area contributed by atoms with Gasteiger partial charge in [-0.2, -0.15) is 0 Å². The summed E-state index contributed by atoms with van der Waals surface area (Å²) in [5, 5.41) is 8.70. The molecule has 0 aliphatic heterocycles. The fourth-order valence-corrected chi connectivity index (χ4v) is 2.13. The quantitative estimate of drug-likeness (QED) is 0.633. The number of rotatable bonds is 6. The average molecular weight is 265 g/mol. The zero-order valence-electron chi connectivity index (χ0n) is 10.1. The van der Waals surface area contributed by atoms with Crippen molar-refractivity contribution in [1.82, 2.24) is 4.90 Å². The first-order valence-corrected chi connectivity index (χ1v) is 6.20. The summed E-state index contributed by atoms with van der Waals surface area (Å²) in [4.78, 5) is 25.7. The molecule has 0 saturated heterocycles. The van der Waals surface area contributed by atoms with Crippen LogP contribution in [0.4, 0.5) is 0 Å². The van der Waals surface area contributed by atoms with Crippen molar-refractivity contribution >= 4 is 29.3 Å². The van der Waals surface area contributed by atoms with Gasteiger partial charge in [-0.05, 0) is 25.1 Å². The summed E-state index contributed by atoms with van der Waals surface area (Å²) in [7, 11) is 0. The summed E-state index contributed by atoms with van der Waals surface area (Å²) >= 11 is 1.57. The molecule has 1 rings (SSSR count). The Kier molecular flexibility index (Phi) is 5.32. The van der Waals surface area contributed by atoms with Crippen LogP contribution in [0.3, 0.4) is 0 Å². The Morgan fingerprint density at radius 3 is 2.72 bits per heavy atom. The lowest BCUT2D eigenvalue weighted by molar-refractivity contribution is -0.142. The maximum Gasteiger partial charge on any atom is 0.323 e. The van der Waals surface area contributed by atoms with E-state index in [1.54, 1.807) is 17.4 Å². The Hall–Kier alpha value is -1.88. The third-order valence-electron chi connectivity index (χ3n) is 2.14. The third kappa shape index (κ3) is 4.55. The van der Waals surface area contributed by atoms with Crippen LogP contribution in [-0.2, 0) is 9.59 Å². The number of carbonyl (C=O) groups is 2. The Bertz CT molecular complexity index is 476. The number of carbonyl (C=O) groups excluding carboxylic acids is 1. The minimum absolute atomic E-state index is 0.221. The second-order valence-electron chi connectivity index (χ2n) is 3.68. The normalized spacial score (nSPS) is 10.5. The van der Waals surface area contributed by atoms with Crippen molar-refractivity contribution < 1.29 is 14.7 Å². The second kappa shape index (κ2) is 6.76. The van der Waals surface area contributed by atoms with Gasteiger partial charge in [0, 0.05) is 22.4 Å². The highest BCUT2D eigenvalue weighted by atomic mass is 32.1. The first kappa shape index (κ1) is 14.2. The summed E-state index contributed by atoms with van der Waals surface area (Å²) in [5.41, 5.74) is 0. The number of hydrogen-bond donors (Lipinski definition) is 1. The van der Waals surface area contributed by atoms with Crippen molar-refractivity contribution in [3.63, 3.8) is 0 Å². The van der Waals surface area contributed by atoms with E-state index in [9.17, 15) is 9.59 Å². The summed E-state index contributed by atoms with van der Waals surface area (Å²) in [6.07, 6.45) is 4.58. The number of carboxylic acids is 1. The molecule has 18 heavy (non-hydrogen) atoms. The van der Waals surface area contributed by atoms with Crippen molar-refractivity contribution in [3.8, 4) is 0 Å². The van der Waals surface area contributed by atoms with Crippen LogP contribution in [0, 0.1) is 6.92 Å². The smallest absolute Gasteiger partial charge is 0.323 e. The number of nitrogens with zero attached hydrogens (tertiary/aromatic N) is 1. The van der Waals surface area contributed by atoms with Gasteiger partial charge in [0.05, 0.1) is 0 Å². The van der Waals surface area contributed by atoms with Crippen molar-refractivity contribution in [2.24, 2.45) is 0 Å². The molecular weight excluding hydrogens is 250 g/mol. The molecule has 0 aliphatic carbocycles. The molecule has 0 saturated carbocycles. The first-order valence-electron chi connectivity index (χ1n) is 5.39. The van der Waals surface area contributed by atoms with Crippen molar-refractivity contribution in [2.45, 2.75) is 6.92 Å². The maximum atomic E-state index is 11.8. The highest BCUT2D eigenvalue weighted by Gasteiger charge is 2.12. The van der Waals surface area contributed by atoms with E-state index in [-0.39, 0.29) is 19.0 Å². The predicted molar refractivity (Wildman–Crippen MR) is 72.5 cm³/mol. The van der Waals surface area contributed by atoms with Crippen molar-refractivity contribution in [1.29, 1.82) is 0 Å². The molecule has 1 N–H and O–H groups in total. The van der Waals surface area contributed by atoms with Crippen LogP contribution in [-0.4, -0.2) is 35.0 Å². The number of hydrogen-bond acceptors (Lipinski definition) is 3. The van der Waals surface area contributed by atoms with E-state index in [0.717, 1.165) is 9.75 Å². The van der Waals surface area contributed by atoms with Gasteiger partial charge in [-0.1, -0.05) is 6.08 Å². The first-order chi connectivity index (χ1) is 8.52. The van der Waals surface area contributed by atoms with Gasteiger partial charge in [-0.25, -0.2) is 0 Å². The second-order valence-corrected chi connectivity index (χ2v) is 5.00. The van der Waals surface area contributed by atoms with E-state index in [4.69, 9.17) is 5.11 Å². The monoisotopic (exact) mass is 265 g/mol. The summed E-state index contributed by atoms with van der Waals surface area (Å²) < 4.78 is 0. The molecule has 5 heteroatoms. The molecule has 4 nitrogen and oxygen atoms in total. The zero-order valence-corrected chi connectivity index (χ0v) is 10.9. The van der Waals surface area contributed by atoms with Crippen molar-refractivity contribution in [2.75, 3.05) is 13.1 Å². The standard InChI is InChI=1S/C13H15NO3S/c1-3-8-14(9-13(16)17)12(15)7-6-11-5-4-10(2)18-11/h3-7H,1,8-9H2,2H3,(H,16,17). The largest absolute Gasteiger partial charge is 0.480 e. The predicted octanol–water partition coefficient (Wildman–Crippen LogP) is 2.17. The van der Waals surface area contributed by atoms with E-state index in [1.807, 2.05) is 19.1 Å².